The van der Waals surface area contributed by atoms with Crippen LogP contribution in [-0.2, 0) is 6.54 Å². The van der Waals surface area contributed by atoms with Crippen molar-refractivity contribution in [1.29, 1.82) is 0 Å². The number of carbonyl (C=O) groups excluding carboxylic acids is 1. The first-order chi connectivity index (χ1) is 11.8. The van der Waals surface area contributed by atoms with Crippen LogP contribution in [0.3, 0.4) is 0 Å². The number of pyridine rings is 1. The van der Waals surface area contributed by atoms with E-state index < -0.39 is 0 Å². The van der Waals surface area contributed by atoms with Crippen LogP contribution >= 0.6 is 0 Å². The monoisotopic (exact) mass is 318 g/mol. The molecule has 118 valence electrons. The Morgan fingerprint density at radius 3 is 2.96 bits per heavy atom. The molecule has 4 aromatic rings. The van der Waals surface area contributed by atoms with Crippen molar-refractivity contribution in [2.45, 2.75) is 6.54 Å². The van der Waals surface area contributed by atoms with Crippen LogP contribution in [0, 0.1) is 0 Å². The highest BCUT2D eigenvalue weighted by atomic mass is 16.3. The second-order valence-corrected chi connectivity index (χ2v) is 5.32. The zero-order chi connectivity index (χ0) is 16.4. The molecule has 24 heavy (non-hydrogen) atoms. The van der Waals surface area contributed by atoms with Crippen LogP contribution in [0.15, 0.2) is 76.7 Å². The van der Waals surface area contributed by atoms with Crippen LogP contribution in [0.25, 0.3) is 11.0 Å². The van der Waals surface area contributed by atoms with Gasteiger partial charge in [-0.1, -0.05) is 30.3 Å². The SMILES string of the molecule is O=C(/N=c1\occn1Cc1ccccc1)c1c[nH]c2ncccc12. The molecular weight excluding hydrogens is 304 g/mol. The summed E-state index contributed by atoms with van der Waals surface area (Å²) in [5.74, 6) is -0.369. The van der Waals surface area contributed by atoms with E-state index >= 15 is 0 Å². The molecule has 0 spiro atoms. The van der Waals surface area contributed by atoms with Gasteiger partial charge in [-0.15, -0.1) is 0 Å². The molecule has 1 N–H and O–H groups in total. The van der Waals surface area contributed by atoms with Crippen molar-refractivity contribution in [1.82, 2.24) is 14.5 Å². The van der Waals surface area contributed by atoms with E-state index in [4.69, 9.17) is 4.42 Å². The number of fused-ring (bicyclic) bond motifs is 1. The van der Waals surface area contributed by atoms with Gasteiger partial charge in [-0.25, -0.2) is 4.98 Å². The molecular formula is C18H14N4O2. The average Bonchev–Trinajstić information content (AvgIpc) is 3.23. The number of nitrogens with one attached hydrogen (secondary N) is 1. The van der Waals surface area contributed by atoms with Crippen molar-refractivity contribution in [3.05, 3.63) is 84.1 Å². The van der Waals surface area contributed by atoms with Crippen molar-refractivity contribution in [3.63, 3.8) is 0 Å². The third-order valence-electron chi connectivity index (χ3n) is 3.73. The fourth-order valence-corrected chi connectivity index (χ4v) is 2.57. The van der Waals surface area contributed by atoms with Crippen molar-refractivity contribution in [2.24, 2.45) is 4.99 Å². The fourth-order valence-electron chi connectivity index (χ4n) is 2.57. The van der Waals surface area contributed by atoms with E-state index in [-0.39, 0.29) is 11.6 Å². The van der Waals surface area contributed by atoms with Gasteiger partial charge in [0.1, 0.15) is 11.9 Å². The maximum atomic E-state index is 12.5. The third kappa shape index (κ3) is 2.65. The van der Waals surface area contributed by atoms with Crippen molar-refractivity contribution < 1.29 is 9.21 Å². The Kier molecular flexibility index (Phi) is 3.55. The minimum Gasteiger partial charge on any atom is -0.432 e. The van der Waals surface area contributed by atoms with E-state index in [1.165, 1.54) is 6.26 Å². The quantitative estimate of drug-likeness (QED) is 0.631. The van der Waals surface area contributed by atoms with Crippen LogP contribution in [0.1, 0.15) is 15.9 Å². The first-order valence-corrected chi connectivity index (χ1v) is 7.50. The van der Waals surface area contributed by atoms with Gasteiger partial charge in [0.05, 0.1) is 12.1 Å². The Morgan fingerprint density at radius 1 is 1.21 bits per heavy atom. The number of benzene rings is 1. The predicted molar refractivity (Wildman–Crippen MR) is 88.2 cm³/mol. The first-order valence-electron chi connectivity index (χ1n) is 7.50. The standard InChI is InChI=1S/C18H14N4O2/c23-17(15-11-20-16-14(15)7-4-8-19-16)21-18-22(9-10-24-18)12-13-5-2-1-3-6-13/h1-11H,12H2,(H,19,20)/b21-18-. The lowest BCUT2D eigenvalue weighted by Crippen LogP contribution is -2.18. The molecule has 3 aromatic heterocycles. The lowest BCUT2D eigenvalue weighted by atomic mass is 10.2. The number of H-pyrrole nitrogens is 1. The smallest absolute Gasteiger partial charge is 0.305 e. The molecule has 0 unspecified atom stereocenters. The summed E-state index contributed by atoms with van der Waals surface area (Å²) in [4.78, 5) is 23.8. The van der Waals surface area contributed by atoms with Crippen LogP contribution < -0.4 is 5.68 Å². The zero-order valence-corrected chi connectivity index (χ0v) is 12.7. The minimum atomic E-state index is -0.369. The van der Waals surface area contributed by atoms with Crippen molar-refractivity contribution in [3.8, 4) is 0 Å². The summed E-state index contributed by atoms with van der Waals surface area (Å²) in [7, 11) is 0. The van der Waals surface area contributed by atoms with E-state index in [2.05, 4.69) is 15.0 Å². The molecule has 0 radical (unpaired) electrons. The number of nitrogens with zero attached hydrogens (tertiary/aromatic N) is 3. The lowest BCUT2D eigenvalue weighted by Gasteiger charge is -2.01. The molecule has 0 aliphatic rings. The molecule has 0 saturated carbocycles. The Hall–Kier alpha value is -3.41. The largest absolute Gasteiger partial charge is 0.432 e. The molecule has 0 atom stereocenters. The molecule has 0 fully saturated rings. The Labute approximate surface area is 137 Å². The van der Waals surface area contributed by atoms with Crippen molar-refractivity contribution >= 4 is 16.9 Å². The molecule has 0 saturated heterocycles. The first kappa shape index (κ1) is 14.2. The zero-order valence-electron chi connectivity index (χ0n) is 12.7. The third-order valence-corrected chi connectivity index (χ3v) is 3.73. The molecule has 1 amide bonds. The average molecular weight is 318 g/mol. The summed E-state index contributed by atoms with van der Waals surface area (Å²) in [5, 5.41) is 0.743. The topological polar surface area (TPSA) is 76.2 Å². The summed E-state index contributed by atoms with van der Waals surface area (Å²) in [5.41, 5.74) is 2.50. The number of aromatic amines is 1. The maximum absolute atomic E-state index is 12.5. The van der Waals surface area contributed by atoms with Crippen LogP contribution in [0.5, 0.6) is 0 Å². The number of carbonyl (C=O) groups is 1. The molecule has 0 bridgehead atoms. The maximum Gasteiger partial charge on any atom is 0.305 e. The van der Waals surface area contributed by atoms with Crippen LogP contribution in [-0.4, -0.2) is 20.4 Å². The number of hydrogen-bond acceptors (Lipinski definition) is 3. The van der Waals surface area contributed by atoms with E-state index in [1.54, 1.807) is 29.2 Å². The normalized spacial score (nSPS) is 11.9. The number of rotatable bonds is 3. The lowest BCUT2D eigenvalue weighted by molar-refractivity contribution is 0.0994. The highest BCUT2D eigenvalue weighted by Crippen LogP contribution is 2.16. The summed E-state index contributed by atoms with van der Waals surface area (Å²) in [6, 6.07) is 13.5. The van der Waals surface area contributed by atoms with Gasteiger partial charge in [-0.3, -0.25) is 9.36 Å². The molecule has 6 nitrogen and oxygen atoms in total. The summed E-state index contributed by atoms with van der Waals surface area (Å²) in [6.45, 7) is 0.582. The molecule has 0 aliphatic heterocycles. The Bertz CT molecular complexity index is 1060. The van der Waals surface area contributed by atoms with Crippen LogP contribution in [0.2, 0.25) is 0 Å². The molecule has 4 rings (SSSR count). The van der Waals surface area contributed by atoms with Gasteiger partial charge < -0.3 is 9.40 Å². The van der Waals surface area contributed by atoms with Gasteiger partial charge in [-0.2, -0.15) is 4.99 Å². The second-order valence-electron chi connectivity index (χ2n) is 5.32. The van der Waals surface area contributed by atoms with Gasteiger partial charge in [0.2, 0.25) is 0 Å². The highest BCUT2D eigenvalue weighted by molar-refractivity contribution is 6.06. The van der Waals surface area contributed by atoms with Gasteiger partial charge in [0, 0.05) is 24.0 Å². The molecule has 1 aromatic carbocycles. The summed E-state index contributed by atoms with van der Waals surface area (Å²) in [6.07, 6.45) is 6.57. The molecule has 6 heteroatoms. The van der Waals surface area contributed by atoms with E-state index in [0.29, 0.717) is 17.8 Å². The number of amides is 1. The van der Waals surface area contributed by atoms with E-state index in [1.807, 2.05) is 36.4 Å². The molecule has 0 aliphatic carbocycles. The fraction of sp³-hybridized carbons (Fsp3) is 0.0556. The minimum absolute atomic E-state index is 0.266. The van der Waals surface area contributed by atoms with Crippen LogP contribution in [0.4, 0.5) is 0 Å². The summed E-state index contributed by atoms with van der Waals surface area (Å²) >= 11 is 0. The van der Waals surface area contributed by atoms with E-state index in [9.17, 15) is 4.79 Å². The van der Waals surface area contributed by atoms with Gasteiger partial charge in [-0.05, 0) is 17.7 Å². The highest BCUT2D eigenvalue weighted by Gasteiger charge is 2.12. The van der Waals surface area contributed by atoms with E-state index in [0.717, 1.165) is 10.9 Å². The number of aromatic nitrogens is 3. The summed E-state index contributed by atoms with van der Waals surface area (Å²) < 4.78 is 7.16. The number of hydrogen-bond donors (Lipinski definition) is 1. The number of oxazole rings is 1. The van der Waals surface area contributed by atoms with Gasteiger partial charge in [0.15, 0.2) is 0 Å². The Morgan fingerprint density at radius 2 is 2.08 bits per heavy atom. The van der Waals surface area contributed by atoms with Gasteiger partial charge in [0.25, 0.3) is 5.91 Å². The predicted octanol–water partition coefficient (Wildman–Crippen LogP) is 2.75. The Balaban J connectivity index is 1.69. The molecule has 3 heterocycles. The second kappa shape index (κ2) is 6.00. The van der Waals surface area contributed by atoms with Crippen molar-refractivity contribution in [2.75, 3.05) is 0 Å². The van der Waals surface area contributed by atoms with Gasteiger partial charge >= 0.3 is 5.68 Å².